The first-order valence-electron chi connectivity index (χ1n) is 10.4. The second-order valence-corrected chi connectivity index (χ2v) is 9.82. The van der Waals surface area contributed by atoms with Gasteiger partial charge in [0.2, 0.25) is 5.91 Å². The Morgan fingerprint density at radius 1 is 1.25 bits per heavy atom. The number of benzene rings is 1. The number of carbonyl (C=O) groups excluding carboxylic acids is 2. The van der Waals surface area contributed by atoms with Crippen LogP contribution in [-0.2, 0) is 17.9 Å². The molecule has 3 N–H and O–H groups in total. The fourth-order valence-corrected chi connectivity index (χ4v) is 4.03. The highest BCUT2D eigenvalue weighted by molar-refractivity contribution is 6.31. The summed E-state index contributed by atoms with van der Waals surface area (Å²) in [5.41, 5.74) is 5.92. The number of amides is 2. The molecule has 10 heteroatoms. The van der Waals surface area contributed by atoms with Crippen LogP contribution >= 0.6 is 11.6 Å². The summed E-state index contributed by atoms with van der Waals surface area (Å²) in [6.07, 6.45) is 1.09. The van der Waals surface area contributed by atoms with Crippen molar-refractivity contribution in [2.24, 2.45) is 11.1 Å². The smallest absolute Gasteiger partial charge is 0.272 e. The van der Waals surface area contributed by atoms with E-state index in [4.69, 9.17) is 17.3 Å². The van der Waals surface area contributed by atoms with Crippen molar-refractivity contribution in [2.45, 2.75) is 52.7 Å². The molecule has 1 aromatic heterocycles. The summed E-state index contributed by atoms with van der Waals surface area (Å²) in [5.74, 6) is -2.73. The van der Waals surface area contributed by atoms with E-state index in [9.17, 15) is 18.4 Å². The molecule has 0 radical (unpaired) electrons. The number of aromatic nitrogens is 2. The second kappa shape index (κ2) is 9.15. The molecule has 3 rings (SSSR count). The van der Waals surface area contributed by atoms with E-state index >= 15 is 0 Å². The number of halogens is 3. The Labute approximate surface area is 190 Å². The second-order valence-electron chi connectivity index (χ2n) is 9.41. The molecule has 1 unspecified atom stereocenters. The average Bonchev–Trinajstić information content (AvgIpc) is 2.89. The first kappa shape index (κ1) is 24.1. The summed E-state index contributed by atoms with van der Waals surface area (Å²) >= 11 is 5.89. The van der Waals surface area contributed by atoms with Gasteiger partial charge < -0.3 is 20.5 Å². The van der Waals surface area contributed by atoms with Gasteiger partial charge in [0.25, 0.3) is 5.91 Å². The van der Waals surface area contributed by atoms with Crippen molar-refractivity contribution in [1.29, 1.82) is 0 Å². The maximum Gasteiger partial charge on any atom is 0.272 e. The van der Waals surface area contributed by atoms with Crippen LogP contribution in [0.25, 0.3) is 11.4 Å². The SMILES string of the molecule is CN1CCCn2c(-c3cc(Cl)c(F)cc3F)nc(C(=O)NC(CC(C)(C)C)C(N)=O)c2C1. The molecular weight excluding hydrogens is 440 g/mol. The van der Waals surface area contributed by atoms with E-state index in [0.717, 1.165) is 13.0 Å². The maximum atomic E-state index is 14.7. The molecule has 1 aliphatic heterocycles. The molecule has 0 spiro atoms. The number of imidazole rings is 1. The molecule has 2 amide bonds. The van der Waals surface area contributed by atoms with Gasteiger partial charge in [-0.25, -0.2) is 13.8 Å². The third-order valence-electron chi connectivity index (χ3n) is 5.34. The van der Waals surface area contributed by atoms with Crippen molar-refractivity contribution in [1.82, 2.24) is 19.8 Å². The summed E-state index contributed by atoms with van der Waals surface area (Å²) in [5, 5.41) is 2.45. The lowest BCUT2D eigenvalue weighted by molar-refractivity contribution is -0.120. The molecule has 32 heavy (non-hydrogen) atoms. The molecule has 2 aromatic rings. The summed E-state index contributed by atoms with van der Waals surface area (Å²) in [7, 11) is 1.91. The predicted molar refractivity (Wildman–Crippen MR) is 118 cm³/mol. The Bertz CT molecular complexity index is 1050. The summed E-state index contributed by atoms with van der Waals surface area (Å²) in [4.78, 5) is 31.6. The van der Waals surface area contributed by atoms with Gasteiger partial charge in [-0.3, -0.25) is 9.59 Å². The fraction of sp³-hybridized carbons (Fsp3) is 0.500. The van der Waals surface area contributed by atoms with Crippen molar-refractivity contribution >= 4 is 23.4 Å². The number of nitrogens with zero attached hydrogens (tertiary/aromatic N) is 3. The van der Waals surface area contributed by atoms with E-state index < -0.39 is 29.5 Å². The van der Waals surface area contributed by atoms with Crippen LogP contribution < -0.4 is 11.1 Å². The van der Waals surface area contributed by atoms with Gasteiger partial charge in [0.05, 0.1) is 16.3 Å². The standard InChI is InChI=1S/C22H28ClF2N5O2/c1-22(2,3)10-16(19(26)31)27-21(32)18-17-11-29(4)6-5-7-30(17)20(28-18)12-8-13(23)15(25)9-14(12)24/h8-9,16H,5-7,10-11H2,1-4H3,(H2,26,31)(H,27,32). The van der Waals surface area contributed by atoms with Crippen molar-refractivity contribution in [2.75, 3.05) is 13.6 Å². The first-order chi connectivity index (χ1) is 14.9. The van der Waals surface area contributed by atoms with E-state index in [1.54, 1.807) is 4.57 Å². The number of hydrogen-bond donors (Lipinski definition) is 2. The highest BCUT2D eigenvalue weighted by Crippen LogP contribution is 2.31. The quantitative estimate of drug-likeness (QED) is 0.659. The number of rotatable bonds is 5. The number of fused-ring (bicyclic) bond motifs is 1. The first-order valence-corrected chi connectivity index (χ1v) is 10.8. The Morgan fingerprint density at radius 2 is 1.94 bits per heavy atom. The maximum absolute atomic E-state index is 14.7. The van der Waals surface area contributed by atoms with E-state index in [1.165, 1.54) is 6.07 Å². The Hall–Kier alpha value is -2.52. The molecule has 2 heterocycles. The fourth-order valence-electron chi connectivity index (χ4n) is 3.86. The lowest BCUT2D eigenvalue weighted by atomic mass is 9.88. The Kier molecular flexibility index (Phi) is 6.90. The van der Waals surface area contributed by atoms with Crippen LogP contribution in [0.4, 0.5) is 8.78 Å². The summed E-state index contributed by atoms with van der Waals surface area (Å²) in [6.45, 7) is 7.46. The zero-order chi connectivity index (χ0) is 23.8. The predicted octanol–water partition coefficient (Wildman–Crippen LogP) is 3.34. The molecule has 1 aromatic carbocycles. The van der Waals surface area contributed by atoms with Gasteiger partial charge in [-0.05, 0) is 37.9 Å². The molecule has 7 nitrogen and oxygen atoms in total. The number of primary amides is 1. The van der Waals surface area contributed by atoms with Crippen LogP contribution in [-0.4, -0.2) is 45.9 Å². The van der Waals surface area contributed by atoms with Gasteiger partial charge in [0.1, 0.15) is 23.5 Å². The van der Waals surface area contributed by atoms with Gasteiger partial charge in [-0.2, -0.15) is 0 Å². The zero-order valence-corrected chi connectivity index (χ0v) is 19.4. The minimum Gasteiger partial charge on any atom is -0.368 e. The average molecular weight is 468 g/mol. The third kappa shape index (κ3) is 5.27. The van der Waals surface area contributed by atoms with E-state index in [2.05, 4.69) is 10.3 Å². The molecule has 0 bridgehead atoms. The number of hydrogen-bond acceptors (Lipinski definition) is 4. The van der Waals surface area contributed by atoms with Crippen molar-refractivity contribution in [3.05, 3.63) is 40.2 Å². The number of nitrogens with two attached hydrogens (primary N) is 1. The third-order valence-corrected chi connectivity index (χ3v) is 5.63. The van der Waals surface area contributed by atoms with Crippen molar-refractivity contribution < 1.29 is 18.4 Å². The molecule has 1 aliphatic rings. The lowest BCUT2D eigenvalue weighted by Crippen LogP contribution is -2.46. The van der Waals surface area contributed by atoms with Gasteiger partial charge in [0, 0.05) is 19.2 Å². The van der Waals surface area contributed by atoms with Crippen LogP contribution in [0.5, 0.6) is 0 Å². The molecule has 0 saturated carbocycles. The van der Waals surface area contributed by atoms with Gasteiger partial charge in [-0.1, -0.05) is 32.4 Å². The molecule has 1 atom stereocenters. The number of carbonyl (C=O) groups is 2. The van der Waals surface area contributed by atoms with Gasteiger partial charge >= 0.3 is 0 Å². The number of nitrogens with one attached hydrogen (secondary N) is 1. The minimum atomic E-state index is -0.885. The Morgan fingerprint density at radius 3 is 2.56 bits per heavy atom. The molecular formula is C22H28ClF2N5O2. The van der Waals surface area contributed by atoms with E-state index in [-0.39, 0.29) is 27.5 Å². The zero-order valence-electron chi connectivity index (χ0n) is 18.6. The Balaban J connectivity index is 2.08. The van der Waals surface area contributed by atoms with Gasteiger partial charge in [0.15, 0.2) is 5.69 Å². The summed E-state index contributed by atoms with van der Waals surface area (Å²) < 4.78 is 30.1. The van der Waals surface area contributed by atoms with E-state index in [1.807, 2.05) is 32.7 Å². The molecule has 0 aliphatic carbocycles. The van der Waals surface area contributed by atoms with Crippen LogP contribution in [0.3, 0.4) is 0 Å². The lowest BCUT2D eigenvalue weighted by Gasteiger charge is -2.24. The highest BCUT2D eigenvalue weighted by Gasteiger charge is 2.31. The van der Waals surface area contributed by atoms with Gasteiger partial charge in [-0.15, -0.1) is 0 Å². The summed E-state index contributed by atoms with van der Waals surface area (Å²) in [6, 6.07) is 0.988. The molecule has 0 fully saturated rings. The largest absolute Gasteiger partial charge is 0.368 e. The van der Waals surface area contributed by atoms with Crippen LogP contribution in [0.1, 0.15) is 49.8 Å². The monoisotopic (exact) mass is 467 g/mol. The topological polar surface area (TPSA) is 93.2 Å². The highest BCUT2D eigenvalue weighted by atomic mass is 35.5. The van der Waals surface area contributed by atoms with Crippen LogP contribution in [0, 0.1) is 17.0 Å². The normalized spacial score (nSPS) is 15.7. The molecule has 0 saturated heterocycles. The van der Waals surface area contributed by atoms with Crippen molar-refractivity contribution in [3.63, 3.8) is 0 Å². The molecule has 174 valence electrons. The van der Waals surface area contributed by atoms with E-state index in [0.29, 0.717) is 31.3 Å². The van der Waals surface area contributed by atoms with Crippen LogP contribution in [0.15, 0.2) is 12.1 Å². The van der Waals surface area contributed by atoms with Crippen molar-refractivity contribution in [3.8, 4) is 11.4 Å². The van der Waals surface area contributed by atoms with Crippen LogP contribution in [0.2, 0.25) is 5.02 Å². The minimum absolute atomic E-state index is 0.00222.